The van der Waals surface area contributed by atoms with Crippen molar-refractivity contribution in [2.75, 3.05) is 31.5 Å². The van der Waals surface area contributed by atoms with Gasteiger partial charge in [-0.05, 0) is 25.1 Å². The predicted octanol–water partition coefficient (Wildman–Crippen LogP) is 1.43. The predicted molar refractivity (Wildman–Crippen MR) is 87.5 cm³/mol. The molecule has 2 amide bonds. The lowest BCUT2D eigenvalue weighted by molar-refractivity contribution is -0.917. The highest BCUT2D eigenvalue weighted by atomic mass is 35.5. The zero-order chi connectivity index (χ0) is 18.8. The summed E-state index contributed by atoms with van der Waals surface area (Å²) >= 11 is 5.63. The molecule has 1 aromatic carbocycles. The summed E-state index contributed by atoms with van der Waals surface area (Å²) in [6.07, 6.45) is -4.61. The number of hydrogen-bond donors (Lipinski definition) is 2. The number of alkyl halides is 3. The zero-order valence-electron chi connectivity index (χ0n) is 13.9. The first-order chi connectivity index (χ1) is 11.6. The Labute approximate surface area is 148 Å². The topological polar surface area (TPSA) is 53.9 Å². The number of rotatable bonds is 3. The molecule has 25 heavy (non-hydrogen) atoms. The molecule has 0 radical (unpaired) electrons. The number of nitrogens with one attached hydrogen (secondary N) is 2. The number of halogens is 4. The number of hydrogen-bond acceptors (Lipinski definition) is 2. The number of piperazine rings is 1. The highest BCUT2D eigenvalue weighted by Gasteiger charge is 2.36. The fraction of sp³-hybridized carbons (Fsp3) is 0.500. The lowest BCUT2D eigenvalue weighted by Crippen LogP contribution is -3.19. The fourth-order valence-corrected chi connectivity index (χ4v) is 3.00. The molecule has 1 atom stereocenters. The van der Waals surface area contributed by atoms with Crippen molar-refractivity contribution in [3.63, 3.8) is 0 Å². The van der Waals surface area contributed by atoms with E-state index in [1.807, 2.05) is 0 Å². The average molecular weight is 379 g/mol. The van der Waals surface area contributed by atoms with E-state index in [0.717, 1.165) is 17.0 Å². The van der Waals surface area contributed by atoms with Crippen molar-refractivity contribution in [2.45, 2.75) is 26.1 Å². The van der Waals surface area contributed by atoms with Crippen molar-refractivity contribution in [2.24, 2.45) is 0 Å². The van der Waals surface area contributed by atoms with E-state index < -0.39 is 23.7 Å². The van der Waals surface area contributed by atoms with Crippen LogP contribution >= 0.6 is 11.6 Å². The second kappa shape index (κ2) is 7.61. The molecule has 0 spiro atoms. The first-order valence-electron chi connectivity index (χ1n) is 7.87. The number of carbonyl (C=O) groups excluding carboxylic acids is 2. The third kappa shape index (κ3) is 4.85. The van der Waals surface area contributed by atoms with Gasteiger partial charge < -0.3 is 15.1 Å². The van der Waals surface area contributed by atoms with Crippen molar-refractivity contribution in [3.8, 4) is 0 Å². The third-order valence-electron chi connectivity index (χ3n) is 4.40. The molecule has 1 aliphatic rings. The number of carbonyl (C=O) groups is 2. The molecule has 0 unspecified atom stereocenters. The van der Waals surface area contributed by atoms with Crippen LogP contribution in [0.15, 0.2) is 18.2 Å². The van der Waals surface area contributed by atoms with Gasteiger partial charge in [-0.1, -0.05) is 11.6 Å². The van der Waals surface area contributed by atoms with E-state index in [-0.39, 0.29) is 16.6 Å². The monoisotopic (exact) mass is 378 g/mol. The summed E-state index contributed by atoms with van der Waals surface area (Å²) in [4.78, 5) is 26.3. The van der Waals surface area contributed by atoms with E-state index in [0.29, 0.717) is 26.2 Å². The summed E-state index contributed by atoms with van der Waals surface area (Å²) in [6, 6.07) is 2.71. The molecular weight excluding hydrogens is 359 g/mol. The lowest BCUT2D eigenvalue weighted by Gasteiger charge is -2.34. The van der Waals surface area contributed by atoms with Crippen molar-refractivity contribution in [3.05, 3.63) is 28.8 Å². The Balaban J connectivity index is 2.06. The maximum absolute atomic E-state index is 13.1. The Morgan fingerprint density at radius 2 is 1.88 bits per heavy atom. The van der Waals surface area contributed by atoms with Crippen LogP contribution < -0.4 is 10.2 Å². The quantitative estimate of drug-likeness (QED) is 0.836. The van der Waals surface area contributed by atoms with Crippen molar-refractivity contribution >= 4 is 29.1 Å². The van der Waals surface area contributed by atoms with Gasteiger partial charge in [0, 0.05) is 11.9 Å². The van der Waals surface area contributed by atoms with Crippen molar-refractivity contribution < 1.29 is 27.7 Å². The molecule has 1 heterocycles. The molecule has 0 saturated carbocycles. The normalized spacial score (nSPS) is 17.3. The van der Waals surface area contributed by atoms with Gasteiger partial charge in [0.1, 0.15) is 0 Å². The molecular formula is C16H20ClF3N3O2+. The molecule has 0 aliphatic carbocycles. The van der Waals surface area contributed by atoms with E-state index in [9.17, 15) is 22.8 Å². The molecule has 138 valence electrons. The van der Waals surface area contributed by atoms with Crippen LogP contribution in [0.3, 0.4) is 0 Å². The molecule has 5 nitrogen and oxygen atoms in total. The van der Waals surface area contributed by atoms with Gasteiger partial charge in [-0.25, -0.2) is 0 Å². The Bertz CT molecular complexity index is 659. The Morgan fingerprint density at radius 3 is 2.40 bits per heavy atom. The van der Waals surface area contributed by atoms with Crippen molar-refractivity contribution in [1.82, 2.24) is 4.90 Å². The first kappa shape index (κ1) is 19.5. The summed E-state index contributed by atoms with van der Waals surface area (Å²) in [7, 11) is 0. The average Bonchev–Trinajstić information content (AvgIpc) is 2.54. The minimum Gasteiger partial charge on any atom is -0.332 e. The number of benzene rings is 1. The lowest BCUT2D eigenvalue weighted by atomic mass is 10.1. The van der Waals surface area contributed by atoms with Crippen LogP contribution in [0.1, 0.15) is 19.4 Å². The van der Waals surface area contributed by atoms with Crippen molar-refractivity contribution in [1.29, 1.82) is 0 Å². The van der Waals surface area contributed by atoms with Crippen LogP contribution in [-0.2, 0) is 15.8 Å². The van der Waals surface area contributed by atoms with Gasteiger partial charge in [0.15, 0.2) is 6.04 Å². The van der Waals surface area contributed by atoms with Crippen LogP contribution in [0.5, 0.6) is 0 Å². The van der Waals surface area contributed by atoms with E-state index in [2.05, 4.69) is 5.32 Å². The van der Waals surface area contributed by atoms with Crippen LogP contribution in [0.2, 0.25) is 5.02 Å². The molecule has 1 saturated heterocycles. The summed E-state index contributed by atoms with van der Waals surface area (Å²) in [5.41, 5.74) is -1.28. The number of anilines is 1. The van der Waals surface area contributed by atoms with Gasteiger partial charge in [-0.2, -0.15) is 13.2 Å². The fourth-order valence-electron chi connectivity index (χ4n) is 2.83. The van der Waals surface area contributed by atoms with Gasteiger partial charge in [0.25, 0.3) is 5.91 Å². The summed E-state index contributed by atoms with van der Waals surface area (Å²) in [6.45, 7) is 5.34. The third-order valence-corrected chi connectivity index (χ3v) is 4.64. The minimum atomic E-state index is -4.61. The highest BCUT2D eigenvalue weighted by Crippen LogP contribution is 2.36. The van der Waals surface area contributed by atoms with Crippen LogP contribution in [0, 0.1) is 0 Å². The van der Waals surface area contributed by atoms with E-state index in [4.69, 9.17) is 11.6 Å². The SMILES string of the molecule is CC(=O)N1CC[NH+]([C@@H](C)C(=O)Nc2ccc(Cl)cc2C(F)(F)F)CC1. The highest BCUT2D eigenvalue weighted by molar-refractivity contribution is 6.30. The molecule has 9 heteroatoms. The molecule has 2 N–H and O–H groups in total. The molecule has 1 aromatic rings. The van der Waals surface area contributed by atoms with Gasteiger partial charge in [-0.3, -0.25) is 9.59 Å². The number of amides is 2. The summed E-state index contributed by atoms with van der Waals surface area (Å²) in [5, 5.41) is 2.30. The standard InChI is InChI=1S/C16H19ClF3N3O2/c1-10(22-5-7-23(8-6-22)11(2)24)15(25)21-14-4-3-12(17)9-13(14)16(18,19)20/h3-4,9-10H,5-8H2,1-2H3,(H,21,25)/p+1/t10-/m0/s1. The first-order valence-corrected chi connectivity index (χ1v) is 8.25. The van der Waals surface area contributed by atoms with E-state index in [1.165, 1.54) is 13.0 Å². The van der Waals surface area contributed by atoms with Crippen LogP contribution in [0.4, 0.5) is 18.9 Å². The Kier molecular flexibility index (Phi) is 5.95. The van der Waals surface area contributed by atoms with Crippen LogP contribution in [0.25, 0.3) is 0 Å². The largest absolute Gasteiger partial charge is 0.418 e. The molecule has 0 bridgehead atoms. The molecule has 0 aromatic heterocycles. The zero-order valence-corrected chi connectivity index (χ0v) is 14.7. The maximum Gasteiger partial charge on any atom is 0.418 e. The summed E-state index contributed by atoms with van der Waals surface area (Å²) < 4.78 is 39.3. The molecule has 1 fully saturated rings. The molecule has 1 aliphatic heterocycles. The Morgan fingerprint density at radius 1 is 1.28 bits per heavy atom. The smallest absolute Gasteiger partial charge is 0.332 e. The van der Waals surface area contributed by atoms with Gasteiger partial charge in [0.2, 0.25) is 5.91 Å². The van der Waals surface area contributed by atoms with Gasteiger partial charge >= 0.3 is 6.18 Å². The Hall–Kier alpha value is -1.80. The minimum absolute atomic E-state index is 0.0212. The number of quaternary nitrogens is 1. The van der Waals surface area contributed by atoms with E-state index in [1.54, 1.807) is 11.8 Å². The second-order valence-electron chi connectivity index (χ2n) is 6.06. The summed E-state index contributed by atoms with van der Waals surface area (Å²) in [5.74, 6) is -0.522. The maximum atomic E-state index is 13.1. The van der Waals surface area contributed by atoms with Gasteiger partial charge in [-0.15, -0.1) is 0 Å². The number of nitrogens with zero attached hydrogens (tertiary/aromatic N) is 1. The second-order valence-corrected chi connectivity index (χ2v) is 6.50. The van der Waals surface area contributed by atoms with Crippen LogP contribution in [-0.4, -0.2) is 48.9 Å². The molecule has 2 rings (SSSR count). The van der Waals surface area contributed by atoms with Gasteiger partial charge in [0.05, 0.1) is 37.4 Å². The van der Waals surface area contributed by atoms with E-state index >= 15 is 0 Å².